The maximum Gasteiger partial charge on any atom is 0.416 e. The third-order valence-electron chi connectivity index (χ3n) is 3.89. The van der Waals surface area contributed by atoms with Crippen molar-refractivity contribution in [3.63, 3.8) is 0 Å². The average molecular weight is 400 g/mol. The van der Waals surface area contributed by atoms with Crippen molar-refractivity contribution in [3.05, 3.63) is 72.1 Å². The van der Waals surface area contributed by atoms with Gasteiger partial charge in [0.25, 0.3) is 0 Å². The van der Waals surface area contributed by atoms with Crippen LogP contribution in [0, 0.1) is 11.3 Å². The lowest BCUT2D eigenvalue weighted by atomic mass is 10.1. The number of benzene rings is 2. The Kier molecular flexibility index (Phi) is 5.83. The van der Waals surface area contributed by atoms with Crippen LogP contribution in [0.5, 0.6) is 5.75 Å². The number of aromatic nitrogens is 2. The molecule has 0 radical (unpaired) electrons. The summed E-state index contributed by atoms with van der Waals surface area (Å²) in [5, 5.41) is 15.3. The monoisotopic (exact) mass is 400 g/mol. The molecule has 0 saturated heterocycles. The normalized spacial score (nSPS) is 11.0. The molecule has 0 fully saturated rings. The summed E-state index contributed by atoms with van der Waals surface area (Å²) in [7, 11) is 0. The lowest BCUT2D eigenvalue weighted by molar-refractivity contribution is -0.137. The molecule has 148 valence electrons. The molecule has 9 heteroatoms. The zero-order valence-electron chi connectivity index (χ0n) is 15.0. The molecule has 1 amide bonds. The average Bonchev–Trinajstić information content (AvgIpc) is 3.14. The summed E-state index contributed by atoms with van der Waals surface area (Å²) < 4.78 is 44.5. The first-order valence-electron chi connectivity index (χ1n) is 8.46. The largest absolute Gasteiger partial charge is 0.479 e. The van der Waals surface area contributed by atoms with Gasteiger partial charge in [-0.2, -0.15) is 23.5 Å². The molecule has 3 aromatic rings. The van der Waals surface area contributed by atoms with Crippen molar-refractivity contribution in [2.75, 3.05) is 11.9 Å². The van der Waals surface area contributed by atoms with E-state index in [0.29, 0.717) is 22.7 Å². The predicted molar refractivity (Wildman–Crippen MR) is 98.4 cm³/mol. The highest BCUT2D eigenvalue weighted by atomic mass is 19.4. The Morgan fingerprint density at radius 2 is 1.97 bits per heavy atom. The molecule has 2 aromatic carbocycles. The zero-order chi connectivity index (χ0) is 20.9. The highest BCUT2D eigenvalue weighted by Gasteiger charge is 2.30. The fraction of sp³-hybridized carbons (Fsp3) is 0.150. The Labute approximate surface area is 164 Å². The number of carbonyl (C=O) groups is 1. The fourth-order valence-electron chi connectivity index (χ4n) is 2.58. The standard InChI is InChI=1S/C20H15F3N4O2/c21-20(22,23)15-4-6-17(7-5-15)27-13-16(12-25-27)26-19(28)11-14-2-1-3-18(10-14)29-9-8-24/h1-7,10,12-13H,9,11H2,(H,26,28). The van der Waals surface area contributed by atoms with Gasteiger partial charge in [0, 0.05) is 0 Å². The molecule has 29 heavy (non-hydrogen) atoms. The molecule has 0 unspecified atom stereocenters. The van der Waals surface area contributed by atoms with Crippen molar-refractivity contribution >= 4 is 11.6 Å². The number of anilines is 1. The van der Waals surface area contributed by atoms with E-state index in [2.05, 4.69) is 10.4 Å². The van der Waals surface area contributed by atoms with Gasteiger partial charge in [-0.3, -0.25) is 4.79 Å². The number of nitriles is 1. The second-order valence-corrected chi connectivity index (χ2v) is 6.04. The maximum atomic E-state index is 12.6. The molecular weight excluding hydrogens is 385 g/mol. The number of ether oxygens (including phenoxy) is 1. The third-order valence-corrected chi connectivity index (χ3v) is 3.89. The number of hydrogen-bond donors (Lipinski definition) is 1. The van der Waals surface area contributed by atoms with Crippen molar-refractivity contribution in [2.24, 2.45) is 0 Å². The van der Waals surface area contributed by atoms with E-state index in [1.165, 1.54) is 29.2 Å². The van der Waals surface area contributed by atoms with Crippen LogP contribution in [0.2, 0.25) is 0 Å². The summed E-state index contributed by atoms with van der Waals surface area (Å²) in [6.45, 7) is -0.0845. The van der Waals surface area contributed by atoms with E-state index >= 15 is 0 Å². The highest BCUT2D eigenvalue weighted by molar-refractivity contribution is 5.92. The summed E-state index contributed by atoms with van der Waals surface area (Å²) in [6.07, 6.45) is -1.41. The van der Waals surface area contributed by atoms with Crippen molar-refractivity contribution in [2.45, 2.75) is 12.6 Å². The zero-order valence-corrected chi connectivity index (χ0v) is 15.0. The van der Waals surface area contributed by atoms with Gasteiger partial charge in [0.05, 0.1) is 35.8 Å². The number of nitrogens with zero attached hydrogens (tertiary/aromatic N) is 3. The van der Waals surface area contributed by atoms with E-state index in [9.17, 15) is 18.0 Å². The summed E-state index contributed by atoms with van der Waals surface area (Å²) in [5.41, 5.74) is 0.795. The molecule has 0 aliphatic carbocycles. The number of carbonyl (C=O) groups excluding carboxylic acids is 1. The number of nitrogens with one attached hydrogen (secondary N) is 1. The first-order valence-corrected chi connectivity index (χ1v) is 8.46. The quantitative estimate of drug-likeness (QED) is 0.679. The summed E-state index contributed by atoms with van der Waals surface area (Å²) >= 11 is 0. The molecule has 6 nitrogen and oxygen atoms in total. The van der Waals surface area contributed by atoms with E-state index < -0.39 is 11.7 Å². The minimum atomic E-state index is -4.40. The van der Waals surface area contributed by atoms with Crippen LogP contribution in [0.4, 0.5) is 18.9 Å². The number of halogens is 3. The van der Waals surface area contributed by atoms with Gasteiger partial charge in [-0.15, -0.1) is 0 Å². The molecule has 3 rings (SSSR count). The van der Waals surface area contributed by atoms with Crippen molar-refractivity contribution in [3.8, 4) is 17.5 Å². The molecule has 0 saturated carbocycles. The van der Waals surface area contributed by atoms with E-state index in [1.807, 2.05) is 6.07 Å². The van der Waals surface area contributed by atoms with Gasteiger partial charge in [-0.1, -0.05) is 12.1 Å². The topological polar surface area (TPSA) is 79.9 Å². The van der Waals surface area contributed by atoms with Crippen LogP contribution in [0.15, 0.2) is 60.9 Å². The summed E-state index contributed by atoms with van der Waals surface area (Å²) in [6, 6.07) is 13.2. The van der Waals surface area contributed by atoms with Crippen LogP contribution < -0.4 is 10.1 Å². The second-order valence-electron chi connectivity index (χ2n) is 6.04. The number of alkyl halides is 3. The lowest BCUT2D eigenvalue weighted by Gasteiger charge is -2.07. The van der Waals surface area contributed by atoms with Gasteiger partial charge in [0.1, 0.15) is 11.8 Å². The minimum Gasteiger partial charge on any atom is -0.479 e. The van der Waals surface area contributed by atoms with Gasteiger partial charge in [0.15, 0.2) is 6.61 Å². The maximum absolute atomic E-state index is 12.6. The van der Waals surface area contributed by atoms with Gasteiger partial charge in [-0.05, 0) is 42.0 Å². The van der Waals surface area contributed by atoms with Crippen LogP contribution in [-0.4, -0.2) is 22.3 Å². The van der Waals surface area contributed by atoms with Crippen LogP contribution in [-0.2, 0) is 17.4 Å². The summed E-state index contributed by atoms with van der Waals surface area (Å²) in [4.78, 5) is 12.2. The fourth-order valence-corrected chi connectivity index (χ4v) is 2.58. The Morgan fingerprint density at radius 3 is 2.66 bits per heavy atom. The Balaban J connectivity index is 1.63. The SMILES string of the molecule is N#CCOc1cccc(CC(=O)Nc2cnn(-c3ccc(C(F)(F)F)cc3)c2)c1. The Bertz CT molecular complexity index is 1040. The van der Waals surface area contributed by atoms with E-state index in [1.54, 1.807) is 24.3 Å². The number of rotatable bonds is 6. The van der Waals surface area contributed by atoms with E-state index in [-0.39, 0.29) is 18.9 Å². The molecular formula is C20H15F3N4O2. The Morgan fingerprint density at radius 1 is 1.21 bits per heavy atom. The van der Waals surface area contributed by atoms with Crippen LogP contribution in [0.3, 0.4) is 0 Å². The number of amides is 1. The smallest absolute Gasteiger partial charge is 0.416 e. The van der Waals surface area contributed by atoms with Gasteiger partial charge in [0.2, 0.25) is 5.91 Å². The van der Waals surface area contributed by atoms with Crippen LogP contribution in [0.25, 0.3) is 5.69 Å². The predicted octanol–water partition coefficient (Wildman–Crippen LogP) is 3.97. The van der Waals surface area contributed by atoms with Gasteiger partial charge in [-0.25, -0.2) is 4.68 Å². The molecule has 1 N–H and O–H groups in total. The molecule has 0 aliphatic heterocycles. The van der Waals surface area contributed by atoms with E-state index in [4.69, 9.17) is 10.00 Å². The van der Waals surface area contributed by atoms with Gasteiger partial charge < -0.3 is 10.1 Å². The van der Waals surface area contributed by atoms with Crippen LogP contribution >= 0.6 is 0 Å². The van der Waals surface area contributed by atoms with Crippen molar-refractivity contribution < 1.29 is 22.7 Å². The first kappa shape index (κ1) is 19.9. The Hall–Kier alpha value is -3.80. The second kappa shape index (κ2) is 8.48. The third kappa shape index (κ3) is 5.35. The van der Waals surface area contributed by atoms with Crippen LogP contribution in [0.1, 0.15) is 11.1 Å². The molecule has 0 aliphatic rings. The van der Waals surface area contributed by atoms with Gasteiger partial charge >= 0.3 is 6.18 Å². The molecule has 0 atom stereocenters. The van der Waals surface area contributed by atoms with Crippen molar-refractivity contribution in [1.82, 2.24) is 9.78 Å². The first-order chi connectivity index (χ1) is 13.8. The minimum absolute atomic E-state index is 0.0786. The molecule has 1 heterocycles. The molecule has 0 spiro atoms. The number of hydrogen-bond acceptors (Lipinski definition) is 4. The van der Waals surface area contributed by atoms with E-state index in [0.717, 1.165) is 12.1 Å². The molecule has 0 bridgehead atoms. The lowest BCUT2D eigenvalue weighted by Crippen LogP contribution is -2.14. The van der Waals surface area contributed by atoms with Crippen molar-refractivity contribution in [1.29, 1.82) is 5.26 Å². The summed E-state index contributed by atoms with van der Waals surface area (Å²) in [5.74, 6) is 0.196. The molecule has 1 aromatic heterocycles. The highest BCUT2D eigenvalue weighted by Crippen LogP contribution is 2.29.